The molecule has 3 unspecified atom stereocenters. The molecule has 1 aliphatic heterocycles. The molecule has 0 spiro atoms. The molecule has 0 fully saturated rings. The fourth-order valence-corrected chi connectivity index (χ4v) is 6.62. The highest BCUT2D eigenvalue weighted by atomic mass is 33.1. The molecule has 4 N–H and O–H groups in total. The predicted octanol–water partition coefficient (Wildman–Crippen LogP) is 1.34. The second-order valence-electron chi connectivity index (χ2n) is 5.50. The molecule has 0 saturated heterocycles. The number of benzene rings is 1. The summed E-state index contributed by atoms with van der Waals surface area (Å²) in [4.78, 5) is 45.1. The van der Waals surface area contributed by atoms with Crippen molar-refractivity contribution in [3.05, 3.63) is 23.8 Å². The van der Waals surface area contributed by atoms with Crippen LogP contribution < -0.4 is 9.47 Å². The van der Waals surface area contributed by atoms with E-state index in [4.69, 9.17) is 19.7 Å². The van der Waals surface area contributed by atoms with Crippen molar-refractivity contribution >= 4 is 49.6 Å². The van der Waals surface area contributed by atoms with Crippen LogP contribution in [-0.2, 0) is 19.2 Å². The standard InChI is InChI=1S/C16H16O10S2/c17-13(18)4-11(15(21)22)27-28(12(16(23)24)5-14(19)20)6-8-1-2-9-10(3-8)26-7-25-9/h1-3,6,11-12H,4-5,7H2,(H,17,18)(H,19,20)(H,21,22)(H,23,24). The summed E-state index contributed by atoms with van der Waals surface area (Å²) in [6.45, 7) is 0.0235. The number of hydrogen-bond acceptors (Lipinski definition) is 7. The SMILES string of the molecule is O=C(O)CC(SS(=Cc1ccc2c(c1)OCO2)C(CC(=O)O)C(=O)O)C(=O)O. The van der Waals surface area contributed by atoms with Crippen molar-refractivity contribution in [1.82, 2.24) is 0 Å². The van der Waals surface area contributed by atoms with Crippen molar-refractivity contribution in [1.29, 1.82) is 0 Å². The lowest BCUT2D eigenvalue weighted by atomic mass is 10.2. The summed E-state index contributed by atoms with van der Waals surface area (Å²) in [6, 6.07) is 4.72. The Morgan fingerprint density at radius 1 is 1.00 bits per heavy atom. The van der Waals surface area contributed by atoms with Gasteiger partial charge in [-0.1, -0.05) is 16.9 Å². The minimum atomic E-state index is -1.46. The predicted molar refractivity (Wildman–Crippen MR) is 100 cm³/mol. The number of hydrogen-bond donors (Lipinski definition) is 4. The molecule has 0 saturated carbocycles. The van der Waals surface area contributed by atoms with Crippen molar-refractivity contribution in [3.8, 4) is 11.5 Å². The Morgan fingerprint density at radius 3 is 2.21 bits per heavy atom. The lowest BCUT2D eigenvalue weighted by molar-refractivity contribution is -0.143. The van der Waals surface area contributed by atoms with Gasteiger partial charge in [-0.25, -0.2) is 0 Å². The Hall–Kier alpha value is -2.73. The van der Waals surface area contributed by atoms with Gasteiger partial charge in [0.2, 0.25) is 6.79 Å². The van der Waals surface area contributed by atoms with Crippen LogP contribution in [-0.4, -0.2) is 67.0 Å². The van der Waals surface area contributed by atoms with Crippen LogP contribution in [0.5, 0.6) is 11.5 Å². The van der Waals surface area contributed by atoms with E-state index >= 15 is 0 Å². The number of ether oxygens (including phenoxy) is 2. The number of fused-ring (bicyclic) bond motifs is 1. The van der Waals surface area contributed by atoms with Crippen LogP contribution in [0.3, 0.4) is 0 Å². The number of aliphatic carboxylic acids is 4. The second-order valence-corrected chi connectivity index (χ2v) is 9.46. The number of carbonyl (C=O) groups is 4. The summed E-state index contributed by atoms with van der Waals surface area (Å²) in [5, 5.41) is 35.2. The van der Waals surface area contributed by atoms with E-state index in [1.807, 2.05) is 0 Å². The summed E-state index contributed by atoms with van der Waals surface area (Å²) in [5.74, 6) is -4.68. The van der Waals surface area contributed by atoms with Crippen LogP contribution in [0.25, 0.3) is 0 Å². The highest BCUT2D eigenvalue weighted by Gasteiger charge is 2.31. The monoisotopic (exact) mass is 432 g/mol. The van der Waals surface area contributed by atoms with Gasteiger partial charge < -0.3 is 29.9 Å². The highest BCUT2D eigenvalue weighted by Crippen LogP contribution is 2.43. The van der Waals surface area contributed by atoms with E-state index in [1.54, 1.807) is 18.2 Å². The van der Waals surface area contributed by atoms with Gasteiger partial charge in [0.25, 0.3) is 0 Å². The molecule has 12 heteroatoms. The van der Waals surface area contributed by atoms with Gasteiger partial charge in [0.1, 0.15) is 10.5 Å². The molecule has 152 valence electrons. The Kier molecular flexibility index (Phi) is 7.29. The third-order valence-electron chi connectivity index (χ3n) is 3.43. The van der Waals surface area contributed by atoms with E-state index < -0.39 is 56.7 Å². The van der Waals surface area contributed by atoms with Gasteiger partial charge in [-0.3, -0.25) is 19.2 Å². The first-order valence-corrected chi connectivity index (χ1v) is 10.4. The van der Waals surface area contributed by atoms with E-state index in [0.29, 0.717) is 27.9 Å². The van der Waals surface area contributed by atoms with Crippen molar-refractivity contribution in [2.75, 3.05) is 6.79 Å². The molecule has 0 radical (unpaired) electrons. The molecule has 1 heterocycles. The normalized spacial score (nSPS) is 15.6. The Balaban J connectivity index is 2.44. The lowest BCUT2D eigenvalue weighted by Gasteiger charge is -2.19. The Bertz CT molecular complexity index is 835. The zero-order chi connectivity index (χ0) is 20.8. The summed E-state index contributed by atoms with van der Waals surface area (Å²) in [7, 11) is -0.848. The largest absolute Gasteiger partial charge is 0.481 e. The maximum Gasteiger partial charge on any atom is 0.318 e. The molecular weight excluding hydrogens is 416 g/mol. The molecule has 10 nitrogen and oxygen atoms in total. The topological polar surface area (TPSA) is 168 Å². The van der Waals surface area contributed by atoms with Gasteiger partial charge in [-0.05, 0) is 23.1 Å². The third-order valence-corrected chi connectivity index (χ3v) is 8.03. The molecule has 28 heavy (non-hydrogen) atoms. The van der Waals surface area contributed by atoms with Gasteiger partial charge in [0, 0.05) is 0 Å². The fourth-order valence-electron chi connectivity index (χ4n) is 2.18. The van der Waals surface area contributed by atoms with Crippen LogP contribution in [0.15, 0.2) is 18.2 Å². The first-order chi connectivity index (χ1) is 13.2. The van der Waals surface area contributed by atoms with E-state index in [-0.39, 0.29) is 6.79 Å². The zero-order valence-electron chi connectivity index (χ0n) is 14.1. The highest BCUT2D eigenvalue weighted by molar-refractivity contribution is 8.84. The minimum Gasteiger partial charge on any atom is -0.481 e. The van der Waals surface area contributed by atoms with E-state index in [0.717, 1.165) is 0 Å². The Morgan fingerprint density at radius 2 is 1.64 bits per heavy atom. The first kappa shape index (κ1) is 21.6. The van der Waals surface area contributed by atoms with Gasteiger partial charge in [-0.2, -0.15) is 0 Å². The molecule has 1 aromatic carbocycles. The molecule has 0 aliphatic carbocycles. The van der Waals surface area contributed by atoms with Gasteiger partial charge >= 0.3 is 23.9 Å². The molecule has 0 bridgehead atoms. The summed E-state index contributed by atoms with van der Waals surface area (Å²) in [5.41, 5.74) is 0.469. The number of carboxylic acids is 4. The summed E-state index contributed by atoms with van der Waals surface area (Å²) in [6.07, 6.45) is -1.48. The lowest BCUT2D eigenvalue weighted by Crippen LogP contribution is -2.25. The van der Waals surface area contributed by atoms with E-state index in [2.05, 4.69) is 0 Å². The van der Waals surface area contributed by atoms with Gasteiger partial charge in [0.15, 0.2) is 11.5 Å². The summed E-state index contributed by atoms with van der Waals surface area (Å²) >= 11 is 0. The molecule has 1 aromatic rings. The third kappa shape index (κ3) is 5.89. The maximum atomic E-state index is 11.6. The quantitative estimate of drug-likeness (QED) is 0.311. The minimum absolute atomic E-state index is 0.0235. The molecular formula is C16H16O10S2. The van der Waals surface area contributed by atoms with E-state index in [1.165, 1.54) is 5.37 Å². The summed E-state index contributed by atoms with van der Waals surface area (Å²) < 4.78 is 10.4. The van der Waals surface area contributed by atoms with Crippen molar-refractivity contribution in [2.45, 2.75) is 23.3 Å². The van der Waals surface area contributed by atoms with Crippen molar-refractivity contribution in [3.63, 3.8) is 0 Å². The van der Waals surface area contributed by atoms with Gasteiger partial charge in [-0.15, -0.1) is 9.52 Å². The van der Waals surface area contributed by atoms with Gasteiger partial charge in [0.05, 0.1) is 12.8 Å². The molecule has 2 rings (SSSR count). The van der Waals surface area contributed by atoms with Crippen molar-refractivity contribution in [2.24, 2.45) is 0 Å². The molecule has 3 atom stereocenters. The molecule has 1 aliphatic rings. The zero-order valence-corrected chi connectivity index (χ0v) is 15.8. The van der Waals surface area contributed by atoms with Crippen LogP contribution >= 0.6 is 20.3 Å². The van der Waals surface area contributed by atoms with E-state index in [9.17, 15) is 29.4 Å². The van der Waals surface area contributed by atoms with Crippen molar-refractivity contribution < 1.29 is 49.1 Å². The molecule has 0 aromatic heterocycles. The van der Waals surface area contributed by atoms with Crippen LogP contribution in [0.2, 0.25) is 0 Å². The fraction of sp³-hybridized carbons (Fsp3) is 0.312. The average molecular weight is 432 g/mol. The average Bonchev–Trinajstić information content (AvgIpc) is 3.05. The molecule has 0 amide bonds. The van der Waals surface area contributed by atoms with Crippen LogP contribution in [0.4, 0.5) is 0 Å². The maximum absolute atomic E-state index is 11.6. The smallest absolute Gasteiger partial charge is 0.318 e. The first-order valence-electron chi connectivity index (χ1n) is 7.70. The second kappa shape index (κ2) is 9.46. The van der Waals surface area contributed by atoms with Crippen LogP contribution in [0, 0.1) is 0 Å². The number of carboxylic acid groups (broad SMARTS) is 4. The number of rotatable bonds is 10. The Labute approximate surface area is 164 Å². The van der Waals surface area contributed by atoms with Crippen LogP contribution in [0.1, 0.15) is 18.4 Å².